The van der Waals surface area contributed by atoms with Gasteiger partial charge in [0.1, 0.15) is 5.75 Å². The van der Waals surface area contributed by atoms with Crippen molar-refractivity contribution >= 4 is 17.3 Å². The lowest BCUT2D eigenvalue weighted by Gasteiger charge is -2.08. The van der Waals surface area contributed by atoms with Gasteiger partial charge in [-0.2, -0.15) is 5.10 Å². The normalized spacial score (nSPS) is 11.4. The van der Waals surface area contributed by atoms with Crippen molar-refractivity contribution in [1.29, 1.82) is 0 Å². The lowest BCUT2D eigenvalue weighted by atomic mass is 10.1. The first-order chi connectivity index (χ1) is 12.0. The standard InChI is InChI=1S/C20H25N3O2/c1-14(2)11-12-25-19-9-7-16(8-10-19)20(24)23-22-15(3)17-5-4-6-18(21)13-17/h4-10,13-14H,11-12,21H2,1-3H3,(H,23,24)/b22-15-. The molecule has 0 aliphatic rings. The van der Waals surface area contributed by atoms with Gasteiger partial charge < -0.3 is 10.5 Å². The van der Waals surface area contributed by atoms with Crippen LogP contribution in [0.4, 0.5) is 5.69 Å². The second-order valence-corrected chi connectivity index (χ2v) is 6.32. The van der Waals surface area contributed by atoms with Crippen molar-refractivity contribution in [2.75, 3.05) is 12.3 Å². The molecule has 0 saturated heterocycles. The fraction of sp³-hybridized carbons (Fsp3) is 0.300. The van der Waals surface area contributed by atoms with Crippen LogP contribution in [-0.4, -0.2) is 18.2 Å². The molecule has 0 heterocycles. The molecule has 0 bridgehead atoms. The van der Waals surface area contributed by atoms with Crippen molar-refractivity contribution in [3.63, 3.8) is 0 Å². The third kappa shape index (κ3) is 5.95. The maximum absolute atomic E-state index is 12.2. The van der Waals surface area contributed by atoms with Crippen LogP contribution in [0.1, 0.15) is 43.1 Å². The van der Waals surface area contributed by atoms with E-state index in [2.05, 4.69) is 24.4 Å². The molecule has 1 amide bonds. The average Bonchev–Trinajstić information content (AvgIpc) is 2.59. The lowest BCUT2D eigenvalue weighted by Crippen LogP contribution is -2.19. The molecule has 3 N–H and O–H groups in total. The van der Waals surface area contributed by atoms with Crippen LogP contribution in [-0.2, 0) is 0 Å². The largest absolute Gasteiger partial charge is 0.494 e. The van der Waals surface area contributed by atoms with Gasteiger partial charge in [-0.25, -0.2) is 5.43 Å². The zero-order valence-corrected chi connectivity index (χ0v) is 15.0. The van der Waals surface area contributed by atoms with Gasteiger partial charge in [-0.1, -0.05) is 26.0 Å². The molecule has 5 heteroatoms. The second-order valence-electron chi connectivity index (χ2n) is 6.32. The topological polar surface area (TPSA) is 76.7 Å². The Bertz CT molecular complexity index is 737. The summed E-state index contributed by atoms with van der Waals surface area (Å²) in [7, 11) is 0. The van der Waals surface area contributed by atoms with Gasteiger partial charge in [0.2, 0.25) is 0 Å². The summed E-state index contributed by atoms with van der Waals surface area (Å²) in [5, 5.41) is 4.13. The Morgan fingerprint density at radius 1 is 1.16 bits per heavy atom. The number of nitrogen functional groups attached to an aromatic ring is 1. The number of hydrazone groups is 1. The summed E-state index contributed by atoms with van der Waals surface area (Å²) in [5.41, 5.74) is 11.1. The van der Waals surface area contributed by atoms with E-state index in [-0.39, 0.29) is 5.91 Å². The molecule has 0 fully saturated rings. The van der Waals surface area contributed by atoms with Crippen LogP contribution >= 0.6 is 0 Å². The van der Waals surface area contributed by atoms with Crippen LogP contribution in [0, 0.1) is 5.92 Å². The number of rotatable bonds is 7. The molecule has 2 aromatic rings. The number of ether oxygens (including phenoxy) is 1. The third-order valence-corrected chi connectivity index (χ3v) is 3.71. The number of amides is 1. The van der Waals surface area contributed by atoms with E-state index in [4.69, 9.17) is 10.5 Å². The highest BCUT2D eigenvalue weighted by Gasteiger charge is 2.06. The summed E-state index contributed by atoms with van der Waals surface area (Å²) >= 11 is 0. The monoisotopic (exact) mass is 339 g/mol. The number of nitrogens with one attached hydrogen (secondary N) is 1. The Balaban J connectivity index is 1.93. The number of benzene rings is 2. The zero-order chi connectivity index (χ0) is 18.2. The molecule has 25 heavy (non-hydrogen) atoms. The number of carbonyl (C=O) groups is 1. The first-order valence-corrected chi connectivity index (χ1v) is 8.39. The number of hydrogen-bond acceptors (Lipinski definition) is 4. The summed E-state index contributed by atoms with van der Waals surface area (Å²) in [6, 6.07) is 14.4. The van der Waals surface area contributed by atoms with E-state index < -0.39 is 0 Å². The highest BCUT2D eigenvalue weighted by Crippen LogP contribution is 2.13. The van der Waals surface area contributed by atoms with E-state index in [0.717, 1.165) is 17.7 Å². The van der Waals surface area contributed by atoms with Crippen molar-refractivity contribution in [1.82, 2.24) is 5.43 Å². The van der Waals surface area contributed by atoms with E-state index in [0.29, 0.717) is 29.5 Å². The lowest BCUT2D eigenvalue weighted by molar-refractivity contribution is 0.0955. The SMILES string of the molecule is C/C(=N/NC(=O)c1ccc(OCCC(C)C)cc1)c1cccc(N)c1. The zero-order valence-electron chi connectivity index (χ0n) is 15.0. The molecule has 2 aromatic carbocycles. The van der Waals surface area contributed by atoms with E-state index in [1.54, 1.807) is 30.3 Å². The van der Waals surface area contributed by atoms with Gasteiger partial charge in [0, 0.05) is 11.3 Å². The summed E-state index contributed by atoms with van der Waals surface area (Å²) in [6.07, 6.45) is 1.00. The van der Waals surface area contributed by atoms with Crippen LogP contribution in [0.15, 0.2) is 53.6 Å². The van der Waals surface area contributed by atoms with Crippen LogP contribution in [0.2, 0.25) is 0 Å². The molecule has 0 aliphatic carbocycles. The molecule has 132 valence electrons. The Labute approximate surface area is 148 Å². The Hall–Kier alpha value is -2.82. The average molecular weight is 339 g/mol. The Kier molecular flexibility index (Phi) is 6.57. The molecule has 0 unspecified atom stereocenters. The molecular formula is C20H25N3O2. The molecule has 0 aliphatic heterocycles. The Morgan fingerprint density at radius 3 is 2.52 bits per heavy atom. The summed E-state index contributed by atoms with van der Waals surface area (Å²) in [5.74, 6) is 1.10. The molecule has 0 spiro atoms. The minimum absolute atomic E-state index is 0.267. The quantitative estimate of drug-likeness (QED) is 0.457. The number of nitrogens with zero attached hydrogens (tertiary/aromatic N) is 1. The Morgan fingerprint density at radius 2 is 1.88 bits per heavy atom. The minimum Gasteiger partial charge on any atom is -0.494 e. The van der Waals surface area contributed by atoms with Gasteiger partial charge in [-0.05, 0) is 61.2 Å². The first kappa shape index (κ1) is 18.5. The molecular weight excluding hydrogens is 314 g/mol. The van der Waals surface area contributed by atoms with E-state index in [9.17, 15) is 4.79 Å². The van der Waals surface area contributed by atoms with Crippen LogP contribution in [0.3, 0.4) is 0 Å². The maximum Gasteiger partial charge on any atom is 0.271 e. The fourth-order valence-corrected chi connectivity index (χ4v) is 2.14. The number of hydrogen-bond donors (Lipinski definition) is 2. The summed E-state index contributed by atoms with van der Waals surface area (Å²) < 4.78 is 5.65. The molecule has 0 aromatic heterocycles. The van der Waals surface area contributed by atoms with Gasteiger partial charge in [0.25, 0.3) is 5.91 Å². The summed E-state index contributed by atoms with van der Waals surface area (Å²) in [4.78, 5) is 12.2. The van der Waals surface area contributed by atoms with Gasteiger partial charge >= 0.3 is 0 Å². The number of nitrogens with two attached hydrogens (primary N) is 1. The highest BCUT2D eigenvalue weighted by molar-refractivity contribution is 6.01. The summed E-state index contributed by atoms with van der Waals surface area (Å²) in [6.45, 7) is 6.81. The van der Waals surface area contributed by atoms with Gasteiger partial charge in [-0.15, -0.1) is 0 Å². The van der Waals surface area contributed by atoms with Crippen LogP contribution in [0.5, 0.6) is 5.75 Å². The predicted molar refractivity (Wildman–Crippen MR) is 102 cm³/mol. The van der Waals surface area contributed by atoms with Crippen molar-refractivity contribution in [3.8, 4) is 5.75 Å². The first-order valence-electron chi connectivity index (χ1n) is 8.39. The van der Waals surface area contributed by atoms with Crippen molar-refractivity contribution in [2.24, 2.45) is 11.0 Å². The van der Waals surface area contributed by atoms with Crippen molar-refractivity contribution in [3.05, 3.63) is 59.7 Å². The van der Waals surface area contributed by atoms with Gasteiger partial charge in [-0.3, -0.25) is 4.79 Å². The van der Waals surface area contributed by atoms with E-state index >= 15 is 0 Å². The maximum atomic E-state index is 12.2. The molecule has 5 nitrogen and oxygen atoms in total. The highest BCUT2D eigenvalue weighted by atomic mass is 16.5. The number of anilines is 1. The fourth-order valence-electron chi connectivity index (χ4n) is 2.14. The van der Waals surface area contributed by atoms with E-state index in [1.165, 1.54) is 0 Å². The van der Waals surface area contributed by atoms with Crippen molar-refractivity contribution < 1.29 is 9.53 Å². The number of carbonyl (C=O) groups excluding carboxylic acids is 1. The van der Waals surface area contributed by atoms with Crippen LogP contribution in [0.25, 0.3) is 0 Å². The molecule has 0 radical (unpaired) electrons. The molecule has 0 atom stereocenters. The predicted octanol–water partition coefficient (Wildman–Crippen LogP) is 3.85. The minimum atomic E-state index is -0.267. The molecule has 2 rings (SSSR count). The van der Waals surface area contributed by atoms with Crippen molar-refractivity contribution in [2.45, 2.75) is 27.2 Å². The van der Waals surface area contributed by atoms with Gasteiger partial charge in [0.15, 0.2) is 0 Å². The van der Waals surface area contributed by atoms with Crippen LogP contribution < -0.4 is 15.9 Å². The third-order valence-electron chi connectivity index (χ3n) is 3.71. The van der Waals surface area contributed by atoms with E-state index in [1.807, 2.05) is 25.1 Å². The smallest absolute Gasteiger partial charge is 0.271 e. The second kappa shape index (κ2) is 8.87. The molecule has 0 saturated carbocycles. The van der Waals surface area contributed by atoms with Gasteiger partial charge in [0.05, 0.1) is 12.3 Å².